The molecule has 2 aromatic rings. The van der Waals surface area contributed by atoms with Gasteiger partial charge in [-0.2, -0.15) is 0 Å². The molecular weight excluding hydrogens is 362 g/mol. The van der Waals surface area contributed by atoms with Gasteiger partial charge < -0.3 is 16.0 Å². The van der Waals surface area contributed by atoms with Crippen LogP contribution in [0, 0.1) is 11.8 Å². The van der Waals surface area contributed by atoms with Gasteiger partial charge in [0.05, 0.1) is 0 Å². The molecule has 2 amide bonds. The highest BCUT2D eigenvalue weighted by Crippen LogP contribution is 2.39. The van der Waals surface area contributed by atoms with Gasteiger partial charge in [-0.3, -0.25) is 9.59 Å². The first-order valence-electron chi connectivity index (χ1n) is 10.5. The average Bonchev–Trinajstić information content (AvgIpc) is 2.74. The second-order valence-corrected chi connectivity index (χ2v) is 8.46. The van der Waals surface area contributed by atoms with E-state index in [9.17, 15) is 9.59 Å². The van der Waals surface area contributed by atoms with Crippen molar-refractivity contribution in [1.29, 1.82) is 0 Å². The van der Waals surface area contributed by atoms with Gasteiger partial charge in [-0.15, -0.1) is 0 Å². The molecule has 2 saturated carbocycles. The van der Waals surface area contributed by atoms with Gasteiger partial charge in [-0.1, -0.05) is 30.7 Å². The van der Waals surface area contributed by atoms with Crippen molar-refractivity contribution in [3.63, 3.8) is 0 Å². The summed E-state index contributed by atoms with van der Waals surface area (Å²) in [5, 5.41) is 3.27. The number of hydrogen-bond donors (Lipinski definition) is 2. The number of nitrogens with zero attached hydrogens (tertiary/aromatic N) is 1. The van der Waals surface area contributed by atoms with Crippen LogP contribution in [0.15, 0.2) is 54.6 Å². The van der Waals surface area contributed by atoms with E-state index < -0.39 is 0 Å². The van der Waals surface area contributed by atoms with Crippen molar-refractivity contribution in [1.82, 2.24) is 5.32 Å². The number of fused-ring (bicyclic) bond motifs is 2. The summed E-state index contributed by atoms with van der Waals surface area (Å²) >= 11 is 0. The first-order valence-corrected chi connectivity index (χ1v) is 10.5. The summed E-state index contributed by atoms with van der Waals surface area (Å²) in [6.07, 6.45) is 5.47. The molecule has 2 aromatic carbocycles. The Morgan fingerprint density at radius 1 is 0.966 bits per heavy atom. The molecule has 2 fully saturated rings. The van der Waals surface area contributed by atoms with Crippen LogP contribution in [0.1, 0.15) is 52.8 Å². The van der Waals surface area contributed by atoms with E-state index in [-0.39, 0.29) is 23.9 Å². The minimum Gasteiger partial charge on any atom is -0.349 e. The second-order valence-electron chi connectivity index (χ2n) is 8.46. The SMILES string of the molecule is CN(C(=O)c1cccc(C(=O)NC2C3CCCC2CC(N)C3)c1)c1ccccc1. The van der Waals surface area contributed by atoms with Crippen molar-refractivity contribution in [2.75, 3.05) is 11.9 Å². The van der Waals surface area contributed by atoms with Gasteiger partial charge >= 0.3 is 0 Å². The number of benzene rings is 2. The van der Waals surface area contributed by atoms with E-state index in [0.717, 1.165) is 31.4 Å². The number of amides is 2. The normalized spacial score (nSPS) is 25.9. The number of para-hydroxylation sites is 1. The molecule has 29 heavy (non-hydrogen) atoms. The molecule has 2 aliphatic rings. The van der Waals surface area contributed by atoms with E-state index in [1.165, 1.54) is 6.42 Å². The molecule has 2 atom stereocenters. The molecule has 2 unspecified atom stereocenters. The largest absolute Gasteiger partial charge is 0.349 e. The maximum atomic E-state index is 13.0. The summed E-state index contributed by atoms with van der Waals surface area (Å²) in [4.78, 5) is 27.5. The highest BCUT2D eigenvalue weighted by molar-refractivity contribution is 6.07. The van der Waals surface area contributed by atoms with E-state index in [1.807, 2.05) is 30.3 Å². The third kappa shape index (κ3) is 4.20. The fourth-order valence-electron chi connectivity index (χ4n) is 5.02. The number of nitrogens with one attached hydrogen (secondary N) is 1. The minimum absolute atomic E-state index is 0.0978. The number of rotatable bonds is 4. The first kappa shape index (κ1) is 19.6. The summed E-state index contributed by atoms with van der Waals surface area (Å²) in [5.41, 5.74) is 8.06. The molecule has 0 aliphatic heterocycles. The van der Waals surface area contributed by atoms with E-state index in [4.69, 9.17) is 5.73 Å². The van der Waals surface area contributed by atoms with Crippen molar-refractivity contribution < 1.29 is 9.59 Å². The Labute approximate surface area is 172 Å². The third-order valence-corrected chi connectivity index (χ3v) is 6.49. The van der Waals surface area contributed by atoms with Crippen molar-refractivity contribution >= 4 is 17.5 Å². The van der Waals surface area contributed by atoms with Crippen molar-refractivity contribution in [3.05, 3.63) is 65.7 Å². The van der Waals surface area contributed by atoms with Crippen LogP contribution in [-0.2, 0) is 0 Å². The van der Waals surface area contributed by atoms with Crippen LogP contribution in [0.4, 0.5) is 5.69 Å². The van der Waals surface area contributed by atoms with Crippen LogP contribution >= 0.6 is 0 Å². The van der Waals surface area contributed by atoms with E-state index in [2.05, 4.69) is 5.32 Å². The lowest BCUT2D eigenvalue weighted by molar-refractivity contribution is 0.0756. The maximum Gasteiger partial charge on any atom is 0.258 e. The molecule has 3 N–H and O–H groups in total. The lowest BCUT2D eigenvalue weighted by Crippen LogP contribution is -2.53. The van der Waals surface area contributed by atoms with E-state index in [0.29, 0.717) is 23.0 Å². The number of carbonyl (C=O) groups is 2. The number of carbonyl (C=O) groups excluding carboxylic acids is 2. The first-order chi connectivity index (χ1) is 14.0. The Kier molecular flexibility index (Phi) is 5.67. The fourth-order valence-corrected chi connectivity index (χ4v) is 5.02. The Morgan fingerprint density at radius 2 is 1.62 bits per heavy atom. The third-order valence-electron chi connectivity index (χ3n) is 6.49. The molecule has 0 spiro atoms. The van der Waals surface area contributed by atoms with Crippen molar-refractivity contribution in [2.45, 2.75) is 44.2 Å². The molecule has 2 bridgehead atoms. The zero-order chi connectivity index (χ0) is 20.4. The number of nitrogens with two attached hydrogens (primary N) is 1. The van der Waals surface area contributed by atoms with Crippen LogP contribution in [0.5, 0.6) is 0 Å². The second kappa shape index (κ2) is 8.37. The zero-order valence-corrected chi connectivity index (χ0v) is 16.9. The lowest BCUT2D eigenvalue weighted by atomic mass is 9.67. The topological polar surface area (TPSA) is 75.4 Å². The standard InChI is InChI=1S/C24H29N3O2/c1-27(21-11-3-2-4-12-21)24(29)19-10-6-9-18(13-19)23(28)26-22-16-7-5-8-17(22)15-20(25)14-16/h2-4,6,9-13,16-17,20,22H,5,7-8,14-15,25H2,1H3,(H,26,28). The van der Waals surface area contributed by atoms with Crippen molar-refractivity contribution in [2.24, 2.45) is 17.6 Å². The maximum absolute atomic E-state index is 13.0. The Bertz CT molecular complexity index is 869. The molecule has 5 nitrogen and oxygen atoms in total. The van der Waals surface area contributed by atoms with Gasteiger partial charge in [-0.05, 0) is 67.9 Å². The zero-order valence-electron chi connectivity index (χ0n) is 16.9. The highest BCUT2D eigenvalue weighted by atomic mass is 16.2. The van der Waals surface area contributed by atoms with Gasteiger partial charge in [0.2, 0.25) is 0 Å². The van der Waals surface area contributed by atoms with Crippen LogP contribution < -0.4 is 16.0 Å². The molecular formula is C24H29N3O2. The average molecular weight is 392 g/mol. The van der Waals surface area contributed by atoms with Gasteiger partial charge in [0.1, 0.15) is 0 Å². The Morgan fingerprint density at radius 3 is 2.31 bits per heavy atom. The van der Waals surface area contributed by atoms with Crippen LogP contribution in [0.25, 0.3) is 0 Å². The predicted octanol–water partition coefficient (Wildman–Crippen LogP) is 3.60. The van der Waals surface area contributed by atoms with Crippen LogP contribution in [-0.4, -0.2) is 30.9 Å². The summed E-state index contributed by atoms with van der Waals surface area (Å²) in [6.45, 7) is 0. The highest BCUT2D eigenvalue weighted by Gasteiger charge is 2.40. The number of anilines is 1. The summed E-state index contributed by atoms with van der Waals surface area (Å²) in [6, 6.07) is 17.0. The molecule has 0 saturated heterocycles. The van der Waals surface area contributed by atoms with E-state index >= 15 is 0 Å². The molecule has 0 radical (unpaired) electrons. The fraction of sp³-hybridized carbons (Fsp3) is 0.417. The molecule has 0 aromatic heterocycles. The van der Waals surface area contributed by atoms with E-state index in [1.54, 1.807) is 36.2 Å². The molecule has 0 heterocycles. The summed E-state index contributed by atoms with van der Waals surface area (Å²) in [5.74, 6) is 0.705. The molecule has 4 rings (SSSR count). The Balaban J connectivity index is 1.48. The minimum atomic E-state index is -0.133. The number of hydrogen-bond acceptors (Lipinski definition) is 3. The summed E-state index contributed by atoms with van der Waals surface area (Å²) in [7, 11) is 1.75. The van der Waals surface area contributed by atoms with Gasteiger partial charge in [0.25, 0.3) is 11.8 Å². The smallest absolute Gasteiger partial charge is 0.258 e. The predicted molar refractivity (Wildman–Crippen MR) is 115 cm³/mol. The van der Waals surface area contributed by atoms with Crippen molar-refractivity contribution in [3.8, 4) is 0 Å². The van der Waals surface area contributed by atoms with Crippen LogP contribution in [0.3, 0.4) is 0 Å². The van der Waals surface area contributed by atoms with Gasteiger partial charge in [0.15, 0.2) is 0 Å². The molecule has 5 heteroatoms. The monoisotopic (exact) mass is 391 g/mol. The summed E-state index contributed by atoms with van der Waals surface area (Å²) < 4.78 is 0. The quantitative estimate of drug-likeness (QED) is 0.836. The Hall–Kier alpha value is -2.66. The molecule has 152 valence electrons. The molecule has 2 aliphatic carbocycles. The van der Waals surface area contributed by atoms with Gasteiger partial charge in [-0.25, -0.2) is 0 Å². The van der Waals surface area contributed by atoms with Crippen LogP contribution in [0.2, 0.25) is 0 Å². The van der Waals surface area contributed by atoms with Gasteiger partial charge in [0, 0.05) is 35.9 Å². The lowest BCUT2D eigenvalue weighted by Gasteiger charge is -2.45.